The molecular weight excluding hydrogens is 404 g/mol. The van der Waals surface area contributed by atoms with E-state index >= 15 is 0 Å². The van der Waals surface area contributed by atoms with Crippen LogP contribution in [-0.4, -0.2) is 38.7 Å². The Morgan fingerprint density at radius 3 is 2.71 bits per heavy atom. The summed E-state index contributed by atoms with van der Waals surface area (Å²) in [6.07, 6.45) is 3.55. The minimum absolute atomic E-state index is 0.102. The first-order valence-electron chi connectivity index (χ1n) is 10.3. The van der Waals surface area contributed by atoms with E-state index in [9.17, 15) is 13.6 Å². The third-order valence-corrected chi connectivity index (χ3v) is 5.55. The van der Waals surface area contributed by atoms with Crippen LogP contribution in [0.4, 0.5) is 8.78 Å². The van der Waals surface area contributed by atoms with Gasteiger partial charge in [0.2, 0.25) is 0 Å². The second-order valence-electron chi connectivity index (χ2n) is 8.11. The second kappa shape index (κ2) is 8.97. The summed E-state index contributed by atoms with van der Waals surface area (Å²) in [6, 6.07) is 5.32. The maximum atomic E-state index is 13.5. The van der Waals surface area contributed by atoms with E-state index in [4.69, 9.17) is 4.42 Å². The zero-order chi connectivity index (χ0) is 22.0. The molecule has 4 rings (SSSR count). The van der Waals surface area contributed by atoms with Crippen LogP contribution in [-0.2, 0) is 19.5 Å². The first-order chi connectivity index (χ1) is 14.9. The van der Waals surface area contributed by atoms with E-state index in [1.165, 1.54) is 18.6 Å². The summed E-state index contributed by atoms with van der Waals surface area (Å²) in [4.78, 5) is 14.7. The van der Waals surface area contributed by atoms with Crippen molar-refractivity contribution in [1.82, 2.24) is 25.0 Å². The topological polar surface area (TPSA) is 76.2 Å². The summed E-state index contributed by atoms with van der Waals surface area (Å²) in [6.45, 7) is 6.65. The van der Waals surface area contributed by atoms with Crippen molar-refractivity contribution in [2.24, 2.45) is 5.92 Å². The summed E-state index contributed by atoms with van der Waals surface area (Å²) in [5.74, 6) is -0.223. The number of rotatable bonds is 6. The Morgan fingerprint density at radius 1 is 1.16 bits per heavy atom. The zero-order valence-electron chi connectivity index (χ0n) is 17.5. The maximum absolute atomic E-state index is 13.5. The van der Waals surface area contributed by atoms with Gasteiger partial charge in [-0.15, -0.1) is 10.2 Å². The Labute approximate surface area is 179 Å². The molecule has 1 atom stereocenters. The first kappa shape index (κ1) is 21.2. The molecule has 0 bridgehead atoms. The zero-order valence-corrected chi connectivity index (χ0v) is 17.5. The lowest BCUT2D eigenvalue weighted by Crippen LogP contribution is -2.34. The van der Waals surface area contributed by atoms with E-state index in [0.717, 1.165) is 29.8 Å². The number of nitrogens with zero attached hydrogens (tertiary/aromatic N) is 4. The normalized spacial score (nSPS) is 15.5. The van der Waals surface area contributed by atoms with Crippen LogP contribution in [0.3, 0.4) is 0 Å². The average molecular weight is 429 g/mol. The molecule has 3 aromatic rings. The predicted octanol–water partition coefficient (Wildman–Crippen LogP) is 3.33. The SMILES string of the molecule is CC(C)[C@@H](NC(=O)c1ccoc1)c1nnc2n1CCN(Cc1ccc(F)c(F)c1)CC2. The third kappa shape index (κ3) is 4.66. The van der Waals surface area contributed by atoms with E-state index < -0.39 is 11.6 Å². The van der Waals surface area contributed by atoms with Crippen molar-refractivity contribution in [3.8, 4) is 0 Å². The maximum Gasteiger partial charge on any atom is 0.255 e. The van der Waals surface area contributed by atoms with Gasteiger partial charge in [-0.3, -0.25) is 9.69 Å². The monoisotopic (exact) mass is 429 g/mol. The van der Waals surface area contributed by atoms with Gasteiger partial charge in [0.1, 0.15) is 12.1 Å². The van der Waals surface area contributed by atoms with Crippen LogP contribution in [0.25, 0.3) is 0 Å². The highest BCUT2D eigenvalue weighted by molar-refractivity contribution is 5.94. The molecule has 0 radical (unpaired) electrons. The largest absolute Gasteiger partial charge is 0.472 e. The number of carbonyl (C=O) groups excluding carboxylic acids is 1. The molecule has 1 amide bonds. The molecule has 31 heavy (non-hydrogen) atoms. The van der Waals surface area contributed by atoms with Crippen molar-refractivity contribution >= 4 is 5.91 Å². The molecule has 1 aliphatic rings. The number of hydrogen-bond donors (Lipinski definition) is 1. The molecule has 0 aliphatic carbocycles. The van der Waals surface area contributed by atoms with Crippen LogP contribution >= 0.6 is 0 Å². The highest BCUT2D eigenvalue weighted by atomic mass is 19.2. The first-order valence-corrected chi connectivity index (χ1v) is 10.3. The number of amides is 1. The molecular formula is C22H25F2N5O2. The molecule has 0 spiro atoms. The summed E-state index contributed by atoms with van der Waals surface area (Å²) in [5.41, 5.74) is 1.18. The lowest BCUT2D eigenvalue weighted by Gasteiger charge is -2.23. The van der Waals surface area contributed by atoms with Crippen LogP contribution in [0.15, 0.2) is 41.2 Å². The van der Waals surface area contributed by atoms with Crippen LogP contribution in [0.5, 0.6) is 0 Å². The fourth-order valence-corrected chi connectivity index (χ4v) is 3.82. The average Bonchev–Trinajstić information content (AvgIpc) is 3.37. The summed E-state index contributed by atoms with van der Waals surface area (Å²) >= 11 is 0. The fourth-order valence-electron chi connectivity index (χ4n) is 3.82. The molecule has 3 heterocycles. The van der Waals surface area contributed by atoms with Crippen LogP contribution in [0, 0.1) is 17.6 Å². The summed E-state index contributed by atoms with van der Waals surface area (Å²) in [7, 11) is 0. The summed E-state index contributed by atoms with van der Waals surface area (Å²) in [5, 5.41) is 11.8. The van der Waals surface area contributed by atoms with E-state index in [1.54, 1.807) is 12.1 Å². The lowest BCUT2D eigenvalue weighted by atomic mass is 10.0. The number of hydrogen-bond acceptors (Lipinski definition) is 5. The number of aromatic nitrogens is 3. The van der Waals surface area contributed by atoms with Gasteiger partial charge in [0.05, 0.1) is 17.9 Å². The molecule has 0 saturated heterocycles. The number of furan rings is 1. The smallest absolute Gasteiger partial charge is 0.255 e. The van der Waals surface area contributed by atoms with Gasteiger partial charge in [0.25, 0.3) is 5.91 Å². The molecule has 0 unspecified atom stereocenters. The van der Waals surface area contributed by atoms with Crippen molar-refractivity contribution < 1.29 is 18.0 Å². The van der Waals surface area contributed by atoms with Gasteiger partial charge in [0.15, 0.2) is 17.5 Å². The molecule has 9 heteroatoms. The number of nitrogens with one attached hydrogen (secondary N) is 1. The van der Waals surface area contributed by atoms with Crippen LogP contribution in [0.2, 0.25) is 0 Å². The number of halogens is 2. The molecule has 0 fully saturated rings. The summed E-state index contributed by atoms with van der Waals surface area (Å²) < 4.78 is 33.8. The van der Waals surface area contributed by atoms with Gasteiger partial charge in [-0.25, -0.2) is 8.78 Å². The minimum Gasteiger partial charge on any atom is -0.472 e. The Bertz CT molecular complexity index is 1050. The molecule has 2 aromatic heterocycles. The quantitative estimate of drug-likeness (QED) is 0.651. The molecule has 164 valence electrons. The van der Waals surface area contributed by atoms with E-state index in [-0.39, 0.29) is 17.9 Å². The van der Waals surface area contributed by atoms with Crippen molar-refractivity contribution in [3.05, 3.63) is 71.2 Å². The molecule has 7 nitrogen and oxygen atoms in total. The van der Waals surface area contributed by atoms with Crippen molar-refractivity contribution in [3.63, 3.8) is 0 Å². The van der Waals surface area contributed by atoms with Gasteiger partial charge in [-0.2, -0.15) is 0 Å². The van der Waals surface area contributed by atoms with E-state index in [2.05, 4.69) is 25.0 Å². The van der Waals surface area contributed by atoms with Gasteiger partial charge < -0.3 is 14.3 Å². The Balaban J connectivity index is 1.48. The number of benzene rings is 1. The lowest BCUT2D eigenvalue weighted by molar-refractivity contribution is 0.0921. The fraction of sp³-hybridized carbons (Fsp3) is 0.409. The van der Waals surface area contributed by atoms with Crippen LogP contribution < -0.4 is 5.32 Å². The molecule has 1 aromatic carbocycles. The van der Waals surface area contributed by atoms with Gasteiger partial charge in [-0.05, 0) is 29.7 Å². The van der Waals surface area contributed by atoms with E-state index in [1.807, 2.05) is 13.8 Å². The van der Waals surface area contributed by atoms with Gasteiger partial charge in [0, 0.05) is 32.6 Å². The van der Waals surface area contributed by atoms with Crippen molar-refractivity contribution in [1.29, 1.82) is 0 Å². The number of fused-ring (bicyclic) bond motifs is 1. The Hall–Kier alpha value is -3.07. The number of carbonyl (C=O) groups is 1. The highest BCUT2D eigenvalue weighted by Gasteiger charge is 2.28. The molecule has 1 aliphatic heterocycles. The Kier molecular flexibility index (Phi) is 6.13. The van der Waals surface area contributed by atoms with Crippen molar-refractivity contribution in [2.75, 3.05) is 13.1 Å². The third-order valence-electron chi connectivity index (χ3n) is 5.55. The minimum atomic E-state index is -0.840. The van der Waals surface area contributed by atoms with Gasteiger partial charge in [-0.1, -0.05) is 19.9 Å². The second-order valence-corrected chi connectivity index (χ2v) is 8.11. The Morgan fingerprint density at radius 2 is 2.00 bits per heavy atom. The van der Waals surface area contributed by atoms with Crippen molar-refractivity contribution in [2.45, 2.75) is 39.4 Å². The molecule has 0 saturated carbocycles. The molecule has 1 N–H and O–H groups in total. The standard InChI is InChI=1S/C22H25F2N5O2/c1-14(2)20(25-22(30)16-6-10-31-13-16)21-27-26-19-5-7-28(8-9-29(19)21)12-15-3-4-17(23)18(24)11-15/h3-4,6,10-11,13-14,20H,5,7-9,12H2,1-2H3,(H,25,30)/t20-/m1/s1. The van der Waals surface area contributed by atoms with E-state index in [0.29, 0.717) is 31.6 Å². The predicted molar refractivity (Wildman–Crippen MR) is 109 cm³/mol. The van der Waals surface area contributed by atoms with Crippen LogP contribution in [0.1, 0.15) is 47.5 Å². The highest BCUT2D eigenvalue weighted by Crippen LogP contribution is 2.23. The van der Waals surface area contributed by atoms with Gasteiger partial charge >= 0.3 is 0 Å².